The molecule has 2 N–H and O–H groups in total. The minimum atomic E-state index is 0.0258. The molecular weight excluding hydrogens is 220 g/mol. The first kappa shape index (κ1) is 13.8. The summed E-state index contributed by atoms with van der Waals surface area (Å²) in [4.78, 5) is 11.9. The third-order valence-corrected chi connectivity index (χ3v) is 4.09. The van der Waals surface area contributed by atoms with E-state index in [4.69, 9.17) is 0 Å². The van der Waals surface area contributed by atoms with E-state index in [1.54, 1.807) is 0 Å². The van der Waals surface area contributed by atoms with Crippen LogP contribution in [0.3, 0.4) is 0 Å². The summed E-state index contributed by atoms with van der Waals surface area (Å²) in [6.07, 6.45) is 2.16. The van der Waals surface area contributed by atoms with Crippen molar-refractivity contribution in [2.24, 2.45) is 5.92 Å². The van der Waals surface area contributed by atoms with Crippen LogP contribution >= 0.6 is 11.8 Å². The van der Waals surface area contributed by atoms with Crippen LogP contribution < -0.4 is 10.6 Å². The normalized spacial score (nSPS) is 27.4. The van der Waals surface area contributed by atoms with E-state index in [2.05, 4.69) is 31.4 Å². The molecule has 1 fully saturated rings. The summed E-state index contributed by atoms with van der Waals surface area (Å²) >= 11 is 1.87. The molecule has 1 saturated heterocycles. The van der Waals surface area contributed by atoms with E-state index in [0.717, 1.165) is 24.5 Å². The zero-order valence-electron chi connectivity index (χ0n) is 10.6. The predicted octanol–water partition coefficient (Wildman–Crippen LogP) is 1.63. The van der Waals surface area contributed by atoms with Crippen LogP contribution in [0.2, 0.25) is 0 Å². The number of thioether (sulfide) groups is 1. The first-order valence-electron chi connectivity index (χ1n) is 6.25. The van der Waals surface area contributed by atoms with Gasteiger partial charge in [-0.2, -0.15) is 11.8 Å². The second kappa shape index (κ2) is 7.17. The van der Waals surface area contributed by atoms with E-state index in [0.29, 0.717) is 5.92 Å². The van der Waals surface area contributed by atoms with E-state index in [1.165, 1.54) is 6.42 Å². The summed E-state index contributed by atoms with van der Waals surface area (Å²) in [6, 6.07) is 0.300. The van der Waals surface area contributed by atoms with Crippen LogP contribution in [0.4, 0.5) is 0 Å². The number of hydrogen-bond acceptors (Lipinski definition) is 3. The molecule has 16 heavy (non-hydrogen) atoms. The minimum Gasteiger partial charge on any atom is -0.351 e. The van der Waals surface area contributed by atoms with Gasteiger partial charge >= 0.3 is 0 Å². The fourth-order valence-electron chi connectivity index (χ4n) is 1.99. The van der Waals surface area contributed by atoms with Crippen molar-refractivity contribution in [3.63, 3.8) is 0 Å². The largest absolute Gasteiger partial charge is 0.351 e. The highest BCUT2D eigenvalue weighted by Gasteiger charge is 2.24. The van der Waals surface area contributed by atoms with Gasteiger partial charge in [0.15, 0.2) is 0 Å². The summed E-state index contributed by atoms with van der Waals surface area (Å²) in [5.74, 6) is 2.96. The van der Waals surface area contributed by atoms with Gasteiger partial charge < -0.3 is 10.6 Å². The molecule has 3 unspecified atom stereocenters. The van der Waals surface area contributed by atoms with E-state index in [-0.39, 0.29) is 18.0 Å². The monoisotopic (exact) mass is 244 g/mol. The van der Waals surface area contributed by atoms with Gasteiger partial charge in [-0.05, 0) is 38.0 Å². The number of nitrogens with one attached hydrogen (secondary N) is 2. The lowest BCUT2D eigenvalue weighted by Crippen LogP contribution is -2.50. The number of carbonyl (C=O) groups is 1. The first-order valence-corrected chi connectivity index (χ1v) is 7.40. The van der Waals surface area contributed by atoms with Crippen molar-refractivity contribution < 1.29 is 4.79 Å². The molecule has 0 aromatic heterocycles. The summed E-state index contributed by atoms with van der Waals surface area (Å²) < 4.78 is 0. The Kier molecular flexibility index (Phi) is 6.21. The number of carbonyl (C=O) groups excluding carboxylic acids is 1. The predicted molar refractivity (Wildman–Crippen MR) is 70.8 cm³/mol. The van der Waals surface area contributed by atoms with Gasteiger partial charge in [-0.25, -0.2) is 0 Å². The van der Waals surface area contributed by atoms with Crippen LogP contribution in [0.5, 0.6) is 0 Å². The second-order valence-corrected chi connectivity index (χ2v) is 6.02. The van der Waals surface area contributed by atoms with Crippen molar-refractivity contribution in [2.45, 2.75) is 45.7 Å². The Labute approximate surface area is 103 Å². The van der Waals surface area contributed by atoms with Gasteiger partial charge in [-0.1, -0.05) is 13.8 Å². The van der Waals surface area contributed by atoms with Crippen LogP contribution in [0, 0.1) is 5.92 Å². The van der Waals surface area contributed by atoms with Crippen molar-refractivity contribution in [2.75, 3.05) is 18.1 Å². The zero-order valence-corrected chi connectivity index (χ0v) is 11.4. The number of piperidine rings is 1. The molecule has 1 amide bonds. The first-order chi connectivity index (χ1) is 7.63. The molecule has 0 spiro atoms. The summed E-state index contributed by atoms with van der Waals surface area (Å²) in [5, 5.41) is 6.37. The van der Waals surface area contributed by atoms with Crippen LogP contribution in [0.25, 0.3) is 0 Å². The molecule has 0 aliphatic carbocycles. The standard InChI is InChI=1S/C12H24N2OS/c1-4-16-8-10(3)14-12(15)11-7-9(2)5-6-13-11/h9-11,13H,4-8H2,1-3H3,(H,14,15). The maximum Gasteiger partial charge on any atom is 0.237 e. The Hall–Kier alpha value is -0.220. The van der Waals surface area contributed by atoms with Crippen molar-refractivity contribution >= 4 is 17.7 Å². The minimum absolute atomic E-state index is 0.0258. The smallest absolute Gasteiger partial charge is 0.237 e. The lowest BCUT2D eigenvalue weighted by atomic mass is 9.94. The Morgan fingerprint density at radius 2 is 2.38 bits per heavy atom. The molecular formula is C12H24N2OS. The molecule has 1 rings (SSSR count). The number of hydrogen-bond donors (Lipinski definition) is 2. The van der Waals surface area contributed by atoms with Crippen molar-refractivity contribution in [3.8, 4) is 0 Å². The molecule has 0 aromatic rings. The van der Waals surface area contributed by atoms with Crippen LogP contribution in [-0.4, -0.2) is 36.0 Å². The van der Waals surface area contributed by atoms with E-state index >= 15 is 0 Å². The fraction of sp³-hybridized carbons (Fsp3) is 0.917. The lowest BCUT2D eigenvalue weighted by Gasteiger charge is -2.28. The Morgan fingerprint density at radius 1 is 1.62 bits per heavy atom. The van der Waals surface area contributed by atoms with Crippen LogP contribution in [0.1, 0.15) is 33.6 Å². The van der Waals surface area contributed by atoms with Gasteiger partial charge in [-0.3, -0.25) is 4.79 Å². The maximum atomic E-state index is 11.9. The van der Waals surface area contributed by atoms with E-state index in [9.17, 15) is 4.79 Å². The number of rotatable bonds is 5. The van der Waals surface area contributed by atoms with Gasteiger partial charge in [0.25, 0.3) is 0 Å². The molecule has 3 nitrogen and oxygen atoms in total. The van der Waals surface area contributed by atoms with Crippen LogP contribution in [0.15, 0.2) is 0 Å². The SMILES string of the molecule is CCSCC(C)NC(=O)C1CC(C)CCN1. The van der Waals surface area contributed by atoms with Crippen molar-refractivity contribution in [3.05, 3.63) is 0 Å². The highest BCUT2D eigenvalue weighted by atomic mass is 32.2. The summed E-state index contributed by atoms with van der Waals surface area (Å²) in [5.41, 5.74) is 0. The third kappa shape index (κ3) is 4.74. The second-order valence-electron chi connectivity index (χ2n) is 4.71. The van der Waals surface area contributed by atoms with E-state index in [1.807, 2.05) is 11.8 Å². The highest BCUT2D eigenvalue weighted by Crippen LogP contribution is 2.15. The average Bonchev–Trinajstić information content (AvgIpc) is 2.26. The molecule has 0 saturated carbocycles. The van der Waals surface area contributed by atoms with Gasteiger partial charge in [0.2, 0.25) is 5.91 Å². The third-order valence-electron chi connectivity index (χ3n) is 2.94. The topological polar surface area (TPSA) is 41.1 Å². The molecule has 4 heteroatoms. The Morgan fingerprint density at radius 3 is 3.00 bits per heavy atom. The zero-order chi connectivity index (χ0) is 12.0. The summed E-state index contributed by atoms with van der Waals surface area (Å²) in [7, 11) is 0. The molecule has 1 aliphatic rings. The molecule has 0 aromatic carbocycles. The average molecular weight is 244 g/mol. The van der Waals surface area contributed by atoms with Crippen LogP contribution in [-0.2, 0) is 4.79 Å². The van der Waals surface area contributed by atoms with Gasteiger partial charge in [0.1, 0.15) is 0 Å². The molecule has 1 heterocycles. The highest BCUT2D eigenvalue weighted by molar-refractivity contribution is 7.99. The number of amides is 1. The van der Waals surface area contributed by atoms with Crippen molar-refractivity contribution in [1.29, 1.82) is 0 Å². The van der Waals surface area contributed by atoms with E-state index < -0.39 is 0 Å². The van der Waals surface area contributed by atoms with Gasteiger partial charge in [0, 0.05) is 11.8 Å². The molecule has 1 aliphatic heterocycles. The fourth-order valence-corrected chi connectivity index (χ4v) is 2.66. The molecule has 0 radical (unpaired) electrons. The Balaban J connectivity index is 2.27. The quantitative estimate of drug-likeness (QED) is 0.772. The molecule has 3 atom stereocenters. The maximum absolute atomic E-state index is 11.9. The van der Waals surface area contributed by atoms with Gasteiger partial charge in [-0.15, -0.1) is 0 Å². The Bertz CT molecular complexity index is 223. The molecule has 0 bridgehead atoms. The van der Waals surface area contributed by atoms with Crippen molar-refractivity contribution in [1.82, 2.24) is 10.6 Å². The molecule has 94 valence electrons. The lowest BCUT2D eigenvalue weighted by molar-refractivity contribution is -0.124. The van der Waals surface area contributed by atoms with Gasteiger partial charge in [0.05, 0.1) is 6.04 Å². The summed E-state index contributed by atoms with van der Waals surface area (Å²) in [6.45, 7) is 7.41.